The van der Waals surface area contributed by atoms with Crippen LogP contribution >= 0.6 is 0 Å². The van der Waals surface area contributed by atoms with Crippen LogP contribution < -0.4 is 15.4 Å². The average molecular weight is 390 g/mol. The van der Waals surface area contributed by atoms with Gasteiger partial charge in [0, 0.05) is 20.1 Å². The van der Waals surface area contributed by atoms with Crippen LogP contribution in [0.4, 0.5) is 0 Å². The number of rotatable bonds is 9. The summed E-state index contributed by atoms with van der Waals surface area (Å²) in [5.74, 6) is 1.69. The molecule has 0 atom stereocenters. The lowest BCUT2D eigenvalue weighted by molar-refractivity contribution is 0.414. The minimum Gasteiger partial charge on any atom is -0.497 e. The van der Waals surface area contributed by atoms with Crippen LogP contribution in [0.15, 0.2) is 59.6 Å². The third-order valence-corrected chi connectivity index (χ3v) is 5.68. The van der Waals surface area contributed by atoms with Gasteiger partial charge in [-0.15, -0.1) is 0 Å². The normalized spacial score (nSPS) is 11.9. The maximum Gasteiger partial charge on any atom is 0.191 e. The van der Waals surface area contributed by atoms with Gasteiger partial charge in [0.05, 0.1) is 18.6 Å². The van der Waals surface area contributed by atoms with Gasteiger partial charge in [-0.2, -0.15) is 0 Å². The number of nitrogens with one attached hydrogen (secondary N) is 2. The van der Waals surface area contributed by atoms with E-state index in [2.05, 4.69) is 15.6 Å². The Bertz CT molecular complexity index is 819. The van der Waals surface area contributed by atoms with Crippen LogP contribution in [0.1, 0.15) is 17.5 Å². The molecular formula is C20H27N3O3S. The first-order chi connectivity index (χ1) is 13.0. The molecule has 146 valence electrons. The van der Waals surface area contributed by atoms with Crippen molar-refractivity contribution in [3.05, 3.63) is 65.7 Å². The molecule has 0 aliphatic heterocycles. The third-order valence-electron chi connectivity index (χ3n) is 4.00. The van der Waals surface area contributed by atoms with Gasteiger partial charge in [-0.05, 0) is 29.7 Å². The zero-order chi connectivity index (χ0) is 19.5. The van der Waals surface area contributed by atoms with Gasteiger partial charge in [-0.3, -0.25) is 4.99 Å². The molecule has 2 N–H and O–H groups in total. The molecule has 0 radical (unpaired) electrons. The van der Waals surface area contributed by atoms with Gasteiger partial charge in [0.25, 0.3) is 0 Å². The van der Waals surface area contributed by atoms with Gasteiger partial charge < -0.3 is 15.4 Å². The molecule has 27 heavy (non-hydrogen) atoms. The smallest absolute Gasteiger partial charge is 0.191 e. The van der Waals surface area contributed by atoms with Gasteiger partial charge in [0.1, 0.15) is 5.75 Å². The second-order valence-corrected chi connectivity index (χ2v) is 8.32. The first kappa shape index (κ1) is 20.8. The van der Waals surface area contributed by atoms with Crippen molar-refractivity contribution >= 4 is 15.8 Å². The lowest BCUT2D eigenvalue weighted by atomic mass is 10.2. The zero-order valence-corrected chi connectivity index (χ0v) is 16.6. The summed E-state index contributed by atoms with van der Waals surface area (Å²) in [6, 6.07) is 17.0. The molecule has 0 aliphatic carbocycles. The minimum atomic E-state index is -3.11. The summed E-state index contributed by atoms with van der Waals surface area (Å²) in [7, 11) is 0.215. The number of nitrogens with zero attached hydrogens (tertiary/aromatic N) is 1. The van der Waals surface area contributed by atoms with E-state index in [1.807, 2.05) is 54.6 Å². The maximum atomic E-state index is 12.2. The molecule has 0 aromatic heterocycles. The first-order valence-corrected chi connectivity index (χ1v) is 10.7. The Morgan fingerprint density at radius 2 is 1.70 bits per heavy atom. The molecule has 2 aromatic rings. The van der Waals surface area contributed by atoms with Crippen molar-refractivity contribution in [3.63, 3.8) is 0 Å². The molecule has 0 bridgehead atoms. The van der Waals surface area contributed by atoms with Gasteiger partial charge in [0.15, 0.2) is 15.8 Å². The monoisotopic (exact) mass is 389 g/mol. The van der Waals surface area contributed by atoms with E-state index in [4.69, 9.17) is 4.74 Å². The van der Waals surface area contributed by atoms with Crippen LogP contribution in [0.5, 0.6) is 5.75 Å². The van der Waals surface area contributed by atoms with Gasteiger partial charge >= 0.3 is 0 Å². The number of guanidine groups is 1. The molecule has 0 fully saturated rings. The Morgan fingerprint density at radius 1 is 1.00 bits per heavy atom. The average Bonchev–Trinajstić information content (AvgIpc) is 2.68. The molecular weight excluding hydrogens is 362 g/mol. The second kappa shape index (κ2) is 10.6. The number of aliphatic imine (C=N–C) groups is 1. The Labute approximate surface area is 161 Å². The fraction of sp³-hybridized carbons (Fsp3) is 0.350. The van der Waals surface area contributed by atoms with Crippen molar-refractivity contribution in [1.29, 1.82) is 0 Å². The zero-order valence-electron chi connectivity index (χ0n) is 15.8. The van der Waals surface area contributed by atoms with Crippen LogP contribution in [0.25, 0.3) is 0 Å². The van der Waals surface area contributed by atoms with E-state index in [0.29, 0.717) is 25.5 Å². The highest BCUT2D eigenvalue weighted by molar-refractivity contribution is 7.90. The Kier molecular flexibility index (Phi) is 8.13. The molecule has 0 unspecified atom stereocenters. The van der Waals surface area contributed by atoms with E-state index < -0.39 is 9.84 Å². The standard InChI is InChI=1S/C20H27N3O3S/c1-21-20(23-15-17-9-11-19(26-2)12-10-17)22-13-6-14-27(24,25)16-18-7-4-3-5-8-18/h3-5,7-12H,6,13-16H2,1-2H3,(H2,21,22,23). The van der Waals surface area contributed by atoms with Crippen molar-refractivity contribution in [2.24, 2.45) is 4.99 Å². The fourth-order valence-electron chi connectivity index (χ4n) is 2.55. The fourth-order valence-corrected chi connectivity index (χ4v) is 3.98. The summed E-state index contributed by atoms with van der Waals surface area (Å²) in [5, 5.41) is 6.36. The van der Waals surface area contributed by atoms with Crippen LogP contribution in [0, 0.1) is 0 Å². The van der Waals surface area contributed by atoms with Gasteiger partial charge in [0.2, 0.25) is 0 Å². The molecule has 0 aliphatic rings. The minimum absolute atomic E-state index is 0.0816. The van der Waals surface area contributed by atoms with Crippen LogP contribution in [-0.2, 0) is 22.1 Å². The third kappa shape index (κ3) is 7.70. The number of methoxy groups -OCH3 is 1. The quantitative estimate of drug-likeness (QED) is 0.391. The van der Waals surface area contributed by atoms with E-state index >= 15 is 0 Å². The number of benzene rings is 2. The molecule has 6 nitrogen and oxygen atoms in total. The van der Waals surface area contributed by atoms with Crippen molar-refractivity contribution in [3.8, 4) is 5.75 Å². The highest BCUT2D eigenvalue weighted by Gasteiger charge is 2.11. The predicted molar refractivity (Wildman–Crippen MR) is 110 cm³/mol. The van der Waals surface area contributed by atoms with E-state index in [9.17, 15) is 8.42 Å². The summed E-state index contributed by atoms with van der Waals surface area (Å²) in [4.78, 5) is 4.16. The molecule has 2 rings (SSSR count). The molecule has 0 amide bonds. The van der Waals surface area contributed by atoms with Crippen LogP contribution in [-0.4, -0.2) is 40.8 Å². The summed E-state index contributed by atoms with van der Waals surface area (Å²) >= 11 is 0. The largest absolute Gasteiger partial charge is 0.497 e. The maximum absolute atomic E-state index is 12.2. The number of hydrogen-bond acceptors (Lipinski definition) is 4. The summed E-state index contributed by atoms with van der Waals surface area (Å²) in [6.07, 6.45) is 0.526. The van der Waals surface area contributed by atoms with Crippen molar-refractivity contribution in [2.75, 3.05) is 26.5 Å². The predicted octanol–water partition coefficient (Wildman–Crippen LogP) is 2.37. The topological polar surface area (TPSA) is 79.8 Å². The molecule has 0 saturated heterocycles. The van der Waals surface area contributed by atoms with Crippen LogP contribution in [0.2, 0.25) is 0 Å². The SMILES string of the molecule is CN=C(NCCCS(=O)(=O)Cc1ccccc1)NCc1ccc(OC)cc1. The first-order valence-electron chi connectivity index (χ1n) is 8.84. The highest BCUT2D eigenvalue weighted by atomic mass is 32.2. The number of hydrogen-bond donors (Lipinski definition) is 2. The van der Waals surface area contributed by atoms with E-state index in [-0.39, 0.29) is 11.5 Å². The molecule has 0 spiro atoms. The highest BCUT2D eigenvalue weighted by Crippen LogP contribution is 2.11. The van der Waals surface area contributed by atoms with E-state index in [1.54, 1.807) is 14.2 Å². The van der Waals surface area contributed by atoms with Gasteiger partial charge in [-0.25, -0.2) is 8.42 Å². The Morgan fingerprint density at radius 3 is 2.33 bits per heavy atom. The van der Waals surface area contributed by atoms with Crippen molar-refractivity contribution in [2.45, 2.75) is 18.7 Å². The second-order valence-electron chi connectivity index (χ2n) is 6.13. The van der Waals surface area contributed by atoms with Crippen molar-refractivity contribution in [1.82, 2.24) is 10.6 Å². The van der Waals surface area contributed by atoms with E-state index in [0.717, 1.165) is 16.9 Å². The van der Waals surface area contributed by atoms with E-state index in [1.165, 1.54) is 0 Å². The number of sulfone groups is 1. The van der Waals surface area contributed by atoms with Crippen molar-refractivity contribution < 1.29 is 13.2 Å². The number of ether oxygens (including phenoxy) is 1. The molecule has 0 heterocycles. The Hall–Kier alpha value is -2.54. The lowest BCUT2D eigenvalue weighted by Gasteiger charge is -2.12. The van der Waals surface area contributed by atoms with Crippen LogP contribution in [0.3, 0.4) is 0 Å². The molecule has 0 saturated carbocycles. The summed E-state index contributed by atoms with van der Waals surface area (Å²) in [6.45, 7) is 1.16. The lowest BCUT2D eigenvalue weighted by Crippen LogP contribution is -2.37. The van der Waals surface area contributed by atoms with Gasteiger partial charge in [-0.1, -0.05) is 42.5 Å². The molecule has 7 heteroatoms. The summed E-state index contributed by atoms with van der Waals surface area (Å²) < 4.78 is 29.5. The summed E-state index contributed by atoms with van der Waals surface area (Å²) in [5.41, 5.74) is 1.92. The molecule has 2 aromatic carbocycles. The Balaban J connectivity index is 1.71.